The molecule has 0 aliphatic rings. The highest BCUT2D eigenvalue weighted by molar-refractivity contribution is 5.63. The maximum absolute atomic E-state index is 9.74. The average molecular weight is 415 g/mol. The van der Waals surface area contributed by atoms with Crippen molar-refractivity contribution in [3.05, 3.63) is 77.9 Å². The van der Waals surface area contributed by atoms with Crippen LogP contribution in [0.3, 0.4) is 0 Å². The number of benzene rings is 3. The van der Waals surface area contributed by atoms with Crippen LogP contribution in [0.4, 0.5) is 11.4 Å². The fraction of sp³-hybridized carbons (Fsp3) is 0.296. The first-order valence-electron chi connectivity index (χ1n) is 10.4. The topological polar surface area (TPSA) is 54.3 Å². The van der Waals surface area contributed by atoms with Crippen molar-refractivity contribution in [1.82, 2.24) is 0 Å². The normalized spacial score (nSPS) is 11.5. The molecule has 0 saturated heterocycles. The molecule has 0 atom stereocenters. The molecule has 0 unspecified atom stereocenters. The molecule has 0 spiro atoms. The zero-order chi connectivity index (χ0) is 22.6. The second-order valence-electron chi connectivity index (χ2n) is 9.54. The molecule has 4 heteroatoms. The van der Waals surface area contributed by atoms with E-state index in [9.17, 15) is 5.26 Å². The van der Waals surface area contributed by atoms with Gasteiger partial charge in [-0.2, -0.15) is 5.26 Å². The minimum absolute atomic E-state index is 0.145. The summed E-state index contributed by atoms with van der Waals surface area (Å²) in [4.78, 5) is 0. The zero-order valence-corrected chi connectivity index (χ0v) is 19.1. The van der Waals surface area contributed by atoms with Crippen molar-refractivity contribution in [2.45, 2.75) is 52.6 Å². The molecule has 0 aliphatic carbocycles. The van der Waals surface area contributed by atoms with Gasteiger partial charge in [0.1, 0.15) is 28.9 Å². The fourth-order valence-electron chi connectivity index (χ4n) is 3.28. The number of ether oxygens (including phenoxy) is 2. The Morgan fingerprint density at radius 1 is 0.774 bits per heavy atom. The van der Waals surface area contributed by atoms with Crippen molar-refractivity contribution in [2.24, 2.45) is 0 Å². The molecule has 3 rings (SSSR count). The van der Waals surface area contributed by atoms with Gasteiger partial charge in [-0.15, -0.1) is 0 Å². The van der Waals surface area contributed by atoms with Crippen LogP contribution < -0.4 is 14.8 Å². The smallest absolute Gasteiger partial charge is 0.145 e. The molecular weight excluding hydrogens is 384 g/mol. The van der Waals surface area contributed by atoms with Gasteiger partial charge in [0.25, 0.3) is 0 Å². The summed E-state index contributed by atoms with van der Waals surface area (Å²) < 4.78 is 12.1. The molecule has 0 fully saturated rings. The molecule has 4 nitrogen and oxygen atoms in total. The van der Waals surface area contributed by atoms with E-state index in [2.05, 4.69) is 32.2 Å². The van der Waals surface area contributed by atoms with Gasteiger partial charge >= 0.3 is 0 Å². The summed E-state index contributed by atoms with van der Waals surface area (Å²) in [5.74, 6) is 2.03. The first-order valence-corrected chi connectivity index (χ1v) is 10.4. The Kier molecular flexibility index (Phi) is 6.27. The van der Waals surface area contributed by atoms with Crippen LogP contribution in [0.15, 0.2) is 66.7 Å². The Labute approximate surface area is 185 Å². The third-order valence-electron chi connectivity index (χ3n) is 4.55. The number of anilines is 2. The standard InChI is InChI=1S/C27H30N2O2/c1-26(2,3)24-14-9-15-25(23(24)18-28)30-21-12-7-10-19(16-21)29-20-11-8-13-22(17-20)31-27(4,5)6/h7-17,29H,1-6H3. The van der Waals surface area contributed by atoms with Crippen molar-refractivity contribution in [3.63, 3.8) is 0 Å². The highest BCUT2D eigenvalue weighted by atomic mass is 16.5. The van der Waals surface area contributed by atoms with Crippen LogP contribution in [0, 0.1) is 11.3 Å². The van der Waals surface area contributed by atoms with Gasteiger partial charge in [-0.3, -0.25) is 0 Å². The Morgan fingerprint density at radius 2 is 1.35 bits per heavy atom. The molecule has 0 aromatic heterocycles. The molecule has 3 aromatic carbocycles. The molecule has 0 amide bonds. The zero-order valence-electron chi connectivity index (χ0n) is 19.1. The SMILES string of the molecule is CC(C)(C)Oc1cccc(Nc2cccc(Oc3cccc(C(C)(C)C)c3C#N)c2)c1. The van der Waals surface area contributed by atoms with E-state index in [1.807, 2.05) is 87.5 Å². The molecule has 0 saturated carbocycles. The quantitative estimate of drug-likeness (QED) is 0.468. The lowest BCUT2D eigenvalue weighted by atomic mass is 9.84. The van der Waals surface area contributed by atoms with Gasteiger partial charge < -0.3 is 14.8 Å². The lowest BCUT2D eigenvalue weighted by Crippen LogP contribution is -2.22. The molecule has 0 aliphatic heterocycles. The minimum Gasteiger partial charge on any atom is -0.488 e. The Bertz CT molecular complexity index is 1100. The van der Waals surface area contributed by atoms with E-state index < -0.39 is 0 Å². The van der Waals surface area contributed by atoms with Crippen molar-refractivity contribution in [1.29, 1.82) is 5.26 Å². The van der Waals surface area contributed by atoms with E-state index in [1.165, 1.54) is 0 Å². The predicted octanol–water partition coefficient (Wildman–Crippen LogP) is 7.57. The van der Waals surface area contributed by atoms with Gasteiger partial charge in [0, 0.05) is 23.5 Å². The Balaban J connectivity index is 1.83. The second-order valence-corrected chi connectivity index (χ2v) is 9.54. The Morgan fingerprint density at radius 3 is 1.94 bits per heavy atom. The summed E-state index contributed by atoms with van der Waals surface area (Å²) in [6.45, 7) is 12.4. The molecule has 0 heterocycles. The number of nitrogens with zero attached hydrogens (tertiary/aromatic N) is 1. The van der Waals surface area contributed by atoms with Crippen LogP contribution in [-0.2, 0) is 5.41 Å². The van der Waals surface area contributed by atoms with Gasteiger partial charge in [-0.1, -0.05) is 45.0 Å². The Hall–Kier alpha value is -3.45. The van der Waals surface area contributed by atoms with Crippen LogP contribution in [0.25, 0.3) is 0 Å². The lowest BCUT2D eigenvalue weighted by molar-refractivity contribution is 0.131. The molecule has 31 heavy (non-hydrogen) atoms. The maximum atomic E-state index is 9.74. The average Bonchev–Trinajstić information content (AvgIpc) is 2.66. The summed E-state index contributed by atoms with van der Waals surface area (Å²) in [5.41, 5.74) is 2.94. The van der Waals surface area contributed by atoms with Crippen LogP contribution in [-0.4, -0.2) is 5.60 Å². The van der Waals surface area contributed by atoms with E-state index in [4.69, 9.17) is 9.47 Å². The fourth-order valence-corrected chi connectivity index (χ4v) is 3.28. The van der Waals surface area contributed by atoms with Gasteiger partial charge in [0.15, 0.2) is 0 Å². The molecule has 0 bridgehead atoms. The number of rotatable bonds is 5. The van der Waals surface area contributed by atoms with Crippen LogP contribution in [0.2, 0.25) is 0 Å². The van der Waals surface area contributed by atoms with E-state index in [0.717, 1.165) is 22.7 Å². The summed E-state index contributed by atoms with van der Waals surface area (Å²) in [5, 5.41) is 13.1. The van der Waals surface area contributed by atoms with Crippen molar-refractivity contribution < 1.29 is 9.47 Å². The van der Waals surface area contributed by atoms with Gasteiger partial charge in [-0.05, 0) is 62.1 Å². The minimum atomic E-state index is -0.258. The third kappa shape index (κ3) is 6.02. The van der Waals surface area contributed by atoms with Crippen molar-refractivity contribution >= 4 is 11.4 Å². The highest BCUT2D eigenvalue weighted by Crippen LogP contribution is 2.34. The molecule has 0 radical (unpaired) electrons. The summed E-state index contributed by atoms with van der Waals surface area (Å²) in [6, 6.07) is 23.6. The van der Waals surface area contributed by atoms with E-state index in [0.29, 0.717) is 17.1 Å². The predicted molar refractivity (Wildman–Crippen MR) is 126 cm³/mol. The largest absolute Gasteiger partial charge is 0.488 e. The highest BCUT2D eigenvalue weighted by Gasteiger charge is 2.21. The molecule has 1 N–H and O–H groups in total. The number of nitriles is 1. The monoisotopic (exact) mass is 414 g/mol. The number of hydrogen-bond acceptors (Lipinski definition) is 4. The molecule has 3 aromatic rings. The van der Waals surface area contributed by atoms with Gasteiger partial charge in [0.05, 0.1) is 5.56 Å². The lowest BCUT2D eigenvalue weighted by Gasteiger charge is -2.22. The summed E-state index contributed by atoms with van der Waals surface area (Å²) in [7, 11) is 0. The molecular formula is C27H30N2O2. The van der Waals surface area contributed by atoms with Crippen molar-refractivity contribution in [3.8, 4) is 23.3 Å². The van der Waals surface area contributed by atoms with Crippen LogP contribution >= 0.6 is 0 Å². The molecule has 160 valence electrons. The van der Waals surface area contributed by atoms with Crippen LogP contribution in [0.1, 0.15) is 52.7 Å². The summed E-state index contributed by atoms with van der Waals surface area (Å²) in [6.07, 6.45) is 0. The number of hydrogen-bond donors (Lipinski definition) is 1. The van der Waals surface area contributed by atoms with E-state index >= 15 is 0 Å². The maximum Gasteiger partial charge on any atom is 0.145 e. The van der Waals surface area contributed by atoms with Gasteiger partial charge in [0.2, 0.25) is 0 Å². The third-order valence-corrected chi connectivity index (χ3v) is 4.55. The summed E-state index contributed by atoms with van der Waals surface area (Å²) >= 11 is 0. The first kappa shape index (κ1) is 22.2. The van der Waals surface area contributed by atoms with E-state index in [1.54, 1.807) is 0 Å². The van der Waals surface area contributed by atoms with Crippen LogP contribution in [0.5, 0.6) is 17.2 Å². The van der Waals surface area contributed by atoms with Gasteiger partial charge in [-0.25, -0.2) is 0 Å². The number of nitrogens with one attached hydrogen (secondary N) is 1. The second kappa shape index (κ2) is 8.73. The van der Waals surface area contributed by atoms with E-state index in [-0.39, 0.29) is 11.0 Å². The van der Waals surface area contributed by atoms with Crippen molar-refractivity contribution in [2.75, 3.05) is 5.32 Å². The first-order chi connectivity index (χ1) is 14.5.